The predicted octanol–water partition coefficient (Wildman–Crippen LogP) is 1.54. The number of hydroxylamine groups is 1. The van der Waals surface area contributed by atoms with Crippen molar-refractivity contribution in [3.8, 4) is 0 Å². The van der Waals surface area contributed by atoms with Crippen molar-refractivity contribution in [3.63, 3.8) is 0 Å². The van der Waals surface area contributed by atoms with Crippen molar-refractivity contribution in [3.05, 3.63) is 38.9 Å². The van der Waals surface area contributed by atoms with Crippen molar-refractivity contribution in [1.29, 1.82) is 0 Å². The van der Waals surface area contributed by atoms with Gasteiger partial charge in [0.05, 0.1) is 10.5 Å². The molecule has 0 saturated heterocycles. The fourth-order valence-corrected chi connectivity index (χ4v) is 1.24. The summed E-state index contributed by atoms with van der Waals surface area (Å²) in [6.45, 7) is 0. The summed E-state index contributed by atoms with van der Waals surface area (Å²) in [4.78, 5) is 25.5. The Morgan fingerprint density at radius 3 is 2.80 bits per heavy atom. The Balaban J connectivity index is 3.15. The Hall–Kier alpha value is -1.66. The van der Waals surface area contributed by atoms with E-state index in [1.165, 1.54) is 25.2 Å². The molecule has 15 heavy (non-hydrogen) atoms. The molecular formula is C8H7ClN2O4. The minimum atomic E-state index is -0.772. The first-order chi connectivity index (χ1) is 7.07. The zero-order chi connectivity index (χ0) is 11.4. The summed E-state index contributed by atoms with van der Waals surface area (Å²) in [6, 6.07) is 3.91. The van der Waals surface area contributed by atoms with Crippen LogP contribution in [-0.2, 0) is 4.84 Å². The van der Waals surface area contributed by atoms with Crippen LogP contribution in [0.5, 0.6) is 0 Å². The van der Waals surface area contributed by atoms with Crippen molar-refractivity contribution >= 4 is 23.3 Å². The average Bonchev–Trinajstić information content (AvgIpc) is 2.17. The quantitative estimate of drug-likeness (QED) is 0.629. The second-order valence-corrected chi connectivity index (χ2v) is 2.87. The van der Waals surface area contributed by atoms with Gasteiger partial charge in [0.2, 0.25) is 0 Å². The van der Waals surface area contributed by atoms with Crippen LogP contribution in [0, 0.1) is 10.1 Å². The number of nitrogens with one attached hydrogen (secondary N) is 1. The summed E-state index contributed by atoms with van der Waals surface area (Å²) in [5, 5.41) is 10.3. The van der Waals surface area contributed by atoms with Crippen LogP contribution < -0.4 is 5.48 Å². The first-order valence-corrected chi connectivity index (χ1v) is 4.26. The Labute approximate surface area is 89.9 Å². The van der Waals surface area contributed by atoms with E-state index in [4.69, 9.17) is 11.6 Å². The number of carbonyl (C=O) groups is 1. The van der Waals surface area contributed by atoms with Crippen LogP contribution >= 0.6 is 11.6 Å². The Kier molecular flexibility index (Phi) is 3.59. The van der Waals surface area contributed by atoms with E-state index in [2.05, 4.69) is 10.3 Å². The predicted molar refractivity (Wildman–Crippen MR) is 52.6 cm³/mol. The lowest BCUT2D eigenvalue weighted by Crippen LogP contribution is -2.15. The molecule has 1 aromatic carbocycles. The van der Waals surface area contributed by atoms with E-state index in [0.29, 0.717) is 0 Å². The van der Waals surface area contributed by atoms with Gasteiger partial charge in [-0.2, -0.15) is 5.48 Å². The summed E-state index contributed by atoms with van der Waals surface area (Å²) in [6.07, 6.45) is 0. The fourth-order valence-electron chi connectivity index (χ4n) is 0.966. The van der Waals surface area contributed by atoms with Crippen LogP contribution in [0.2, 0.25) is 5.02 Å². The molecule has 0 amide bonds. The van der Waals surface area contributed by atoms with Gasteiger partial charge in [-0.25, -0.2) is 4.79 Å². The molecule has 0 unspecified atom stereocenters. The van der Waals surface area contributed by atoms with E-state index in [9.17, 15) is 14.9 Å². The molecule has 0 aliphatic carbocycles. The number of nitro groups is 1. The number of nitrogens with zero attached hydrogens (tertiary/aromatic N) is 1. The maximum atomic E-state index is 11.2. The van der Waals surface area contributed by atoms with Gasteiger partial charge in [-0.15, -0.1) is 0 Å². The molecule has 1 N–H and O–H groups in total. The number of rotatable bonds is 3. The maximum Gasteiger partial charge on any atom is 0.358 e. The maximum absolute atomic E-state index is 11.2. The van der Waals surface area contributed by atoms with E-state index in [0.717, 1.165) is 0 Å². The SMILES string of the molecule is CNOC(=O)c1cccc([N+](=O)[O-])c1Cl. The van der Waals surface area contributed by atoms with Crippen LogP contribution in [-0.4, -0.2) is 17.9 Å². The third-order valence-corrected chi connectivity index (χ3v) is 1.99. The summed E-state index contributed by atoms with van der Waals surface area (Å²) >= 11 is 5.66. The van der Waals surface area contributed by atoms with Crippen molar-refractivity contribution in [2.24, 2.45) is 0 Å². The molecule has 0 aliphatic heterocycles. The molecule has 1 rings (SSSR count). The number of carbonyl (C=O) groups excluding carboxylic acids is 1. The summed E-state index contributed by atoms with van der Waals surface area (Å²) in [5.74, 6) is -0.772. The van der Waals surface area contributed by atoms with E-state index in [1.807, 2.05) is 0 Å². The Bertz CT molecular complexity index is 408. The Morgan fingerprint density at radius 1 is 1.60 bits per heavy atom. The van der Waals surface area contributed by atoms with E-state index >= 15 is 0 Å². The van der Waals surface area contributed by atoms with Gasteiger partial charge in [0.15, 0.2) is 0 Å². The molecule has 0 fully saturated rings. The van der Waals surface area contributed by atoms with Gasteiger partial charge in [-0.3, -0.25) is 10.1 Å². The van der Waals surface area contributed by atoms with Gasteiger partial charge in [0.25, 0.3) is 5.69 Å². The van der Waals surface area contributed by atoms with Gasteiger partial charge in [-0.05, 0) is 6.07 Å². The van der Waals surface area contributed by atoms with Gasteiger partial charge >= 0.3 is 5.97 Å². The molecule has 7 heteroatoms. The minimum absolute atomic E-state index is 0.0554. The standard InChI is InChI=1S/C8H7ClN2O4/c1-10-15-8(12)5-3-2-4-6(7(5)9)11(13)14/h2-4,10H,1H3. The van der Waals surface area contributed by atoms with Gasteiger partial charge in [0.1, 0.15) is 5.02 Å². The topological polar surface area (TPSA) is 81.5 Å². The van der Waals surface area contributed by atoms with Gasteiger partial charge in [-0.1, -0.05) is 17.7 Å². The first-order valence-electron chi connectivity index (χ1n) is 3.88. The van der Waals surface area contributed by atoms with Gasteiger partial charge in [0, 0.05) is 13.1 Å². The van der Waals surface area contributed by atoms with Crippen LogP contribution in [0.25, 0.3) is 0 Å². The lowest BCUT2D eigenvalue weighted by atomic mass is 10.2. The monoisotopic (exact) mass is 230 g/mol. The third-order valence-electron chi connectivity index (χ3n) is 1.59. The van der Waals surface area contributed by atoms with E-state index in [-0.39, 0.29) is 16.3 Å². The summed E-state index contributed by atoms with van der Waals surface area (Å²) < 4.78 is 0. The van der Waals surface area contributed by atoms with Crippen molar-refractivity contribution in [1.82, 2.24) is 5.48 Å². The molecule has 6 nitrogen and oxygen atoms in total. The average molecular weight is 231 g/mol. The Morgan fingerprint density at radius 2 is 2.27 bits per heavy atom. The second kappa shape index (κ2) is 4.72. The minimum Gasteiger partial charge on any atom is -0.367 e. The molecule has 80 valence electrons. The highest BCUT2D eigenvalue weighted by molar-refractivity contribution is 6.35. The molecule has 0 aliphatic rings. The smallest absolute Gasteiger partial charge is 0.358 e. The van der Waals surface area contributed by atoms with E-state index < -0.39 is 10.9 Å². The van der Waals surface area contributed by atoms with Crippen molar-refractivity contribution in [2.45, 2.75) is 0 Å². The van der Waals surface area contributed by atoms with E-state index in [1.54, 1.807) is 0 Å². The lowest BCUT2D eigenvalue weighted by molar-refractivity contribution is -0.384. The normalized spacial score (nSPS) is 9.73. The highest BCUT2D eigenvalue weighted by Crippen LogP contribution is 2.27. The largest absolute Gasteiger partial charge is 0.367 e. The number of benzene rings is 1. The van der Waals surface area contributed by atoms with Crippen LogP contribution in [0.1, 0.15) is 10.4 Å². The number of hydrogen-bond donors (Lipinski definition) is 1. The molecule has 0 spiro atoms. The highest BCUT2D eigenvalue weighted by atomic mass is 35.5. The van der Waals surface area contributed by atoms with Gasteiger partial charge < -0.3 is 4.84 Å². The fraction of sp³-hybridized carbons (Fsp3) is 0.125. The first kappa shape index (κ1) is 11.4. The number of halogens is 1. The summed E-state index contributed by atoms with van der Waals surface area (Å²) in [7, 11) is 1.39. The molecule has 0 aromatic heterocycles. The zero-order valence-corrected chi connectivity index (χ0v) is 8.45. The molecule has 1 aromatic rings. The lowest BCUT2D eigenvalue weighted by Gasteiger charge is -2.03. The number of hydrogen-bond acceptors (Lipinski definition) is 5. The zero-order valence-electron chi connectivity index (χ0n) is 7.69. The van der Waals surface area contributed by atoms with Crippen LogP contribution in [0.3, 0.4) is 0 Å². The molecule has 0 atom stereocenters. The van der Waals surface area contributed by atoms with Crippen LogP contribution in [0.15, 0.2) is 18.2 Å². The summed E-state index contributed by atoms with van der Waals surface area (Å²) in [5.41, 5.74) is 1.78. The molecule has 0 radical (unpaired) electrons. The highest BCUT2D eigenvalue weighted by Gasteiger charge is 2.20. The van der Waals surface area contributed by atoms with Crippen LogP contribution in [0.4, 0.5) is 5.69 Å². The third kappa shape index (κ3) is 2.42. The van der Waals surface area contributed by atoms with Crippen molar-refractivity contribution < 1.29 is 14.6 Å². The molecule has 0 saturated carbocycles. The van der Waals surface area contributed by atoms with Crippen molar-refractivity contribution in [2.75, 3.05) is 7.05 Å². The molecular weight excluding hydrogens is 224 g/mol. The number of nitro benzene ring substituents is 1. The second-order valence-electron chi connectivity index (χ2n) is 2.49. The molecule has 0 bridgehead atoms. The molecule has 0 heterocycles.